The first-order valence-corrected chi connectivity index (χ1v) is 7.23. The van der Waals surface area contributed by atoms with E-state index in [0.29, 0.717) is 0 Å². The van der Waals surface area contributed by atoms with Crippen LogP contribution in [0.2, 0.25) is 0 Å². The highest BCUT2D eigenvalue weighted by molar-refractivity contribution is 5.72. The third kappa shape index (κ3) is 3.03. The zero-order chi connectivity index (χ0) is 14.8. The van der Waals surface area contributed by atoms with E-state index in [9.17, 15) is 0 Å². The molecule has 0 aliphatic heterocycles. The summed E-state index contributed by atoms with van der Waals surface area (Å²) in [6.45, 7) is 6.38. The Hall–Kier alpha value is -2.41. The molecule has 0 aliphatic rings. The van der Waals surface area contributed by atoms with Crippen LogP contribution in [0.5, 0.6) is 0 Å². The van der Waals surface area contributed by atoms with Gasteiger partial charge in [0.15, 0.2) is 0 Å². The molecule has 0 radical (unpaired) electrons. The van der Waals surface area contributed by atoms with Crippen molar-refractivity contribution in [2.24, 2.45) is 0 Å². The number of nitrogens with zero attached hydrogens (tertiary/aromatic N) is 1. The van der Waals surface area contributed by atoms with Crippen molar-refractivity contribution in [2.75, 3.05) is 0 Å². The van der Waals surface area contributed by atoms with Crippen LogP contribution in [-0.4, -0.2) is 4.98 Å². The van der Waals surface area contributed by atoms with Crippen LogP contribution < -0.4 is 0 Å². The summed E-state index contributed by atoms with van der Waals surface area (Å²) in [4.78, 5) is 4.48. The number of benzene rings is 2. The lowest BCUT2D eigenvalue weighted by atomic mass is 9.98. The fourth-order valence-corrected chi connectivity index (χ4v) is 2.69. The highest BCUT2D eigenvalue weighted by Crippen LogP contribution is 2.27. The zero-order valence-electron chi connectivity index (χ0n) is 12.7. The van der Waals surface area contributed by atoms with Gasteiger partial charge in [0.2, 0.25) is 0 Å². The van der Waals surface area contributed by atoms with Gasteiger partial charge in [0, 0.05) is 11.8 Å². The number of aryl methyl sites for hydroxylation is 3. The van der Waals surface area contributed by atoms with Crippen molar-refractivity contribution < 1.29 is 0 Å². The first-order valence-electron chi connectivity index (χ1n) is 7.23. The van der Waals surface area contributed by atoms with Gasteiger partial charge in [-0.2, -0.15) is 0 Å². The highest BCUT2D eigenvalue weighted by atomic mass is 14.7. The summed E-state index contributed by atoms with van der Waals surface area (Å²) in [7, 11) is 0. The Kier molecular flexibility index (Phi) is 3.57. The molecule has 0 atom stereocenters. The van der Waals surface area contributed by atoms with Crippen molar-refractivity contribution in [2.45, 2.75) is 20.8 Å². The molecule has 0 unspecified atom stereocenters. The fraction of sp³-hybridized carbons (Fsp3) is 0.150. The molecule has 1 nitrogen and oxygen atoms in total. The van der Waals surface area contributed by atoms with Gasteiger partial charge in [-0.3, -0.25) is 4.98 Å². The zero-order valence-corrected chi connectivity index (χ0v) is 12.7. The summed E-state index contributed by atoms with van der Waals surface area (Å²) < 4.78 is 0. The second-order valence-corrected chi connectivity index (χ2v) is 5.68. The van der Waals surface area contributed by atoms with Gasteiger partial charge in [-0.1, -0.05) is 47.5 Å². The van der Waals surface area contributed by atoms with Crippen molar-refractivity contribution in [1.29, 1.82) is 0 Å². The normalized spacial score (nSPS) is 10.6. The van der Waals surface area contributed by atoms with Gasteiger partial charge < -0.3 is 0 Å². The minimum Gasteiger partial charge on any atom is -0.256 e. The van der Waals surface area contributed by atoms with E-state index in [4.69, 9.17) is 0 Å². The molecule has 2 aromatic carbocycles. The van der Waals surface area contributed by atoms with Crippen LogP contribution in [0.4, 0.5) is 0 Å². The Morgan fingerprint density at radius 1 is 0.619 bits per heavy atom. The molecule has 3 rings (SSSR count). The van der Waals surface area contributed by atoms with Crippen LogP contribution in [0.3, 0.4) is 0 Å². The predicted octanol–water partition coefficient (Wildman–Crippen LogP) is 5.34. The molecule has 1 heterocycles. The second kappa shape index (κ2) is 5.53. The monoisotopic (exact) mass is 273 g/mol. The van der Waals surface area contributed by atoms with E-state index in [1.807, 2.05) is 12.3 Å². The Morgan fingerprint density at radius 2 is 1.33 bits per heavy atom. The van der Waals surface area contributed by atoms with E-state index < -0.39 is 0 Å². The van der Waals surface area contributed by atoms with Crippen LogP contribution in [0.1, 0.15) is 16.7 Å². The Morgan fingerprint density at radius 3 is 2.05 bits per heavy atom. The first-order chi connectivity index (χ1) is 10.1. The Balaban J connectivity index is 2.08. The van der Waals surface area contributed by atoms with Crippen molar-refractivity contribution in [3.05, 3.63) is 77.5 Å². The molecule has 21 heavy (non-hydrogen) atoms. The molecular formula is C20H19N. The van der Waals surface area contributed by atoms with E-state index in [2.05, 4.69) is 74.3 Å². The van der Waals surface area contributed by atoms with Crippen molar-refractivity contribution >= 4 is 0 Å². The summed E-state index contributed by atoms with van der Waals surface area (Å²) in [5.74, 6) is 0. The van der Waals surface area contributed by atoms with Crippen molar-refractivity contribution in [3.8, 4) is 22.4 Å². The molecule has 104 valence electrons. The Labute approximate surface area is 126 Å². The average molecular weight is 273 g/mol. The van der Waals surface area contributed by atoms with Gasteiger partial charge in [-0.05, 0) is 55.7 Å². The lowest BCUT2D eigenvalue weighted by Gasteiger charge is -2.08. The number of aromatic nitrogens is 1. The number of hydrogen-bond donors (Lipinski definition) is 0. The van der Waals surface area contributed by atoms with E-state index in [1.165, 1.54) is 27.8 Å². The van der Waals surface area contributed by atoms with Crippen LogP contribution in [0.15, 0.2) is 60.8 Å². The molecule has 1 heteroatoms. The molecular weight excluding hydrogens is 254 g/mol. The average Bonchev–Trinajstić information content (AvgIpc) is 2.46. The maximum absolute atomic E-state index is 4.48. The van der Waals surface area contributed by atoms with E-state index >= 15 is 0 Å². The van der Waals surface area contributed by atoms with Gasteiger partial charge >= 0.3 is 0 Å². The highest BCUT2D eigenvalue weighted by Gasteiger charge is 2.04. The Bertz CT molecular complexity index is 767. The molecule has 0 amide bonds. The van der Waals surface area contributed by atoms with Crippen LogP contribution in [0, 0.1) is 20.8 Å². The number of rotatable bonds is 2. The topological polar surface area (TPSA) is 12.9 Å². The summed E-state index contributed by atoms with van der Waals surface area (Å²) in [6.07, 6.45) is 1.87. The molecule has 0 saturated heterocycles. The van der Waals surface area contributed by atoms with Crippen molar-refractivity contribution in [3.63, 3.8) is 0 Å². The van der Waals surface area contributed by atoms with Crippen LogP contribution >= 0.6 is 0 Å². The van der Waals surface area contributed by atoms with Gasteiger partial charge in [0.05, 0.1) is 5.69 Å². The molecule has 1 aromatic heterocycles. The molecule has 0 bridgehead atoms. The lowest BCUT2D eigenvalue weighted by molar-refractivity contribution is 1.29. The molecule has 0 saturated carbocycles. The van der Waals surface area contributed by atoms with Crippen molar-refractivity contribution in [1.82, 2.24) is 4.98 Å². The molecule has 0 N–H and O–H groups in total. The molecule has 0 fully saturated rings. The maximum Gasteiger partial charge on any atom is 0.0704 e. The van der Waals surface area contributed by atoms with Gasteiger partial charge in [0.25, 0.3) is 0 Å². The smallest absolute Gasteiger partial charge is 0.0704 e. The lowest BCUT2D eigenvalue weighted by Crippen LogP contribution is -1.87. The first kappa shape index (κ1) is 13.6. The van der Waals surface area contributed by atoms with E-state index in [-0.39, 0.29) is 0 Å². The van der Waals surface area contributed by atoms with Gasteiger partial charge in [-0.15, -0.1) is 0 Å². The minimum atomic E-state index is 1.03. The summed E-state index contributed by atoms with van der Waals surface area (Å²) >= 11 is 0. The quantitative estimate of drug-likeness (QED) is 0.614. The minimum absolute atomic E-state index is 1.03. The van der Waals surface area contributed by atoms with Gasteiger partial charge in [-0.25, -0.2) is 0 Å². The summed E-state index contributed by atoms with van der Waals surface area (Å²) in [5, 5.41) is 0. The fourth-order valence-electron chi connectivity index (χ4n) is 2.69. The van der Waals surface area contributed by atoms with Gasteiger partial charge in [0.1, 0.15) is 0 Å². The maximum atomic E-state index is 4.48. The number of hydrogen-bond acceptors (Lipinski definition) is 1. The van der Waals surface area contributed by atoms with E-state index in [1.54, 1.807) is 0 Å². The predicted molar refractivity (Wildman–Crippen MR) is 89.3 cm³/mol. The SMILES string of the molecule is Cc1cc(C)cc(-c2cccc(-c3cc(C)ccn3)c2)c1. The van der Waals surface area contributed by atoms with E-state index in [0.717, 1.165) is 11.3 Å². The third-order valence-corrected chi connectivity index (χ3v) is 3.63. The standard InChI is InChI=1S/C20H19N/c1-14-7-8-21-20(12-14)18-6-4-5-17(13-18)19-10-15(2)9-16(3)11-19/h4-13H,1-3H3. The second-order valence-electron chi connectivity index (χ2n) is 5.68. The van der Waals surface area contributed by atoms with Crippen LogP contribution in [0.25, 0.3) is 22.4 Å². The largest absolute Gasteiger partial charge is 0.256 e. The summed E-state index contributed by atoms with van der Waals surface area (Å²) in [5.41, 5.74) is 8.52. The molecule has 0 aliphatic carbocycles. The summed E-state index contributed by atoms with van der Waals surface area (Å²) in [6, 6.07) is 19.4. The van der Waals surface area contributed by atoms with Crippen LogP contribution in [-0.2, 0) is 0 Å². The molecule has 3 aromatic rings. The molecule has 0 spiro atoms. The number of pyridine rings is 1. The third-order valence-electron chi connectivity index (χ3n) is 3.63.